The third-order valence-corrected chi connectivity index (χ3v) is 8.38. The van der Waals surface area contributed by atoms with E-state index in [1.807, 2.05) is 0 Å². The van der Waals surface area contributed by atoms with Crippen LogP contribution < -0.4 is 0 Å². The number of thioether (sulfide) groups is 1. The van der Waals surface area contributed by atoms with Gasteiger partial charge in [-0.05, 0) is 86.8 Å². The lowest BCUT2D eigenvalue weighted by Gasteiger charge is -2.18. The average molecular weight is 727 g/mol. The predicted octanol–water partition coefficient (Wildman–Crippen LogP) is 8.65. The van der Waals surface area contributed by atoms with Gasteiger partial charge in [0.1, 0.15) is 6.10 Å². The van der Waals surface area contributed by atoms with E-state index in [-0.39, 0.29) is 6.10 Å². The number of aliphatic hydroxyl groups excluding tert-OH is 1. The second-order valence-corrected chi connectivity index (χ2v) is 13.3. The van der Waals surface area contributed by atoms with Gasteiger partial charge in [0.15, 0.2) is 24.2 Å². The molecular formula is C28H50N6O4S6. The van der Waals surface area contributed by atoms with Crippen molar-refractivity contribution in [1.82, 2.24) is 29.9 Å². The number of rotatable bonds is 19. The Morgan fingerprint density at radius 3 is 1.75 bits per heavy atom. The fourth-order valence-corrected chi connectivity index (χ4v) is 5.93. The fraction of sp³-hybridized carbons (Fsp3) is 0.786. The fourth-order valence-electron chi connectivity index (χ4n) is 3.78. The van der Waals surface area contributed by atoms with E-state index in [1.165, 1.54) is 56.7 Å². The van der Waals surface area contributed by atoms with E-state index >= 15 is 0 Å². The summed E-state index contributed by atoms with van der Waals surface area (Å²) in [5.74, 6) is 0.489. The Kier molecular flexibility index (Phi) is 23.9. The summed E-state index contributed by atoms with van der Waals surface area (Å²) < 4.78 is 18.8. The maximum atomic E-state index is 10.0. The number of unbranched alkanes of at least 4 members (excludes halogenated alkanes) is 4. The molecular weight excluding hydrogens is 677 g/mol. The molecule has 44 heavy (non-hydrogen) atoms. The lowest BCUT2D eigenvalue weighted by atomic mass is 10.1. The van der Waals surface area contributed by atoms with Crippen LogP contribution in [0.15, 0.2) is 5.16 Å². The Bertz CT molecular complexity index is 1200. The van der Waals surface area contributed by atoms with Gasteiger partial charge in [-0.3, -0.25) is 0 Å². The van der Waals surface area contributed by atoms with Gasteiger partial charge in [-0.25, -0.2) is 0 Å². The number of aliphatic hydroxyl groups is 1. The van der Waals surface area contributed by atoms with Gasteiger partial charge < -0.3 is 44.2 Å². The number of aromatic nitrogens is 6. The lowest BCUT2D eigenvalue weighted by Crippen LogP contribution is -2.23. The first-order valence-corrected chi connectivity index (χ1v) is 18.4. The molecule has 1 aliphatic rings. The van der Waals surface area contributed by atoms with E-state index in [4.69, 9.17) is 75.3 Å². The summed E-state index contributed by atoms with van der Waals surface area (Å²) >= 11 is 25.5. The lowest BCUT2D eigenvalue weighted by molar-refractivity contribution is -0.00710. The van der Waals surface area contributed by atoms with Crippen LogP contribution in [0.3, 0.4) is 0 Å². The van der Waals surface area contributed by atoms with Gasteiger partial charge in [0.2, 0.25) is 4.77 Å². The molecule has 10 nitrogen and oxygen atoms in total. The van der Waals surface area contributed by atoms with Crippen LogP contribution in [-0.4, -0.2) is 85.0 Å². The number of nitrogens with one attached hydrogen (secondary N) is 5. The van der Waals surface area contributed by atoms with Crippen LogP contribution in [0, 0.1) is 23.9 Å². The van der Waals surface area contributed by atoms with Gasteiger partial charge in [-0.2, -0.15) is 4.98 Å². The standard InChI is InChI=1S/C14H25N3O2S3.C11H22O2.C3H3N3S3/c1-3-5-6-7-11(4-2)19-8-10(18)9-22-14-16-12(20)15-13(21)17-14;1-3-5-6-7-10(4-2)12-8-11-9-13-11;7-1-4-2(8)6-3(9)5-1/h10-11,18H,3-9H2,1-2H3,(H2,15,16,17,20,21);10-11H,3-9H2,1-2H3;(H3,4,5,6,7,8,9). The molecule has 2 aromatic heterocycles. The molecule has 2 aromatic rings. The number of H-pyrrole nitrogens is 5. The molecule has 0 aliphatic carbocycles. The van der Waals surface area contributed by atoms with Crippen LogP contribution >= 0.6 is 72.9 Å². The summed E-state index contributed by atoms with van der Waals surface area (Å²) in [4.78, 5) is 17.7. The van der Waals surface area contributed by atoms with Crippen molar-refractivity contribution in [2.24, 2.45) is 0 Å². The normalized spacial score (nSPS) is 15.7. The van der Waals surface area contributed by atoms with Crippen LogP contribution in [0.25, 0.3) is 0 Å². The number of aromatic amines is 5. The summed E-state index contributed by atoms with van der Waals surface area (Å²) in [5, 5.41) is 10.6. The zero-order chi connectivity index (χ0) is 32.7. The molecule has 3 heterocycles. The van der Waals surface area contributed by atoms with Crippen molar-refractivity contribution < 1.29 is 19.3 Å². The summed E-state index contributed by atoms with van der Waals surface area (Å²) in [6.45, 7) is 10.8. The zero-order valence-electron chi connectivity index (χ0n) is 26.3. The highest BCUT2D eigenvalue weighted by atomic mass is 32.2. The molecule has 1 aliphatic heterocycles. The average Bonchev–Trinajstić information content (AvgIpc) is 3.80. The summed E-state index contributed by atoms with van der Waals surface area (Å²) in [6.07, 6.45) is 12.5. The van der Waals surface area contributed by atoms with E-state index in [2.05, 4.69) is 57.6 Å². The van der Waals surface area contributed by atoms with E-state index in [9.17, 15) is 5.11 Å². The summed E-state index contributed by atoms with van der Waals surface area (Å²) in [6, 6.07) is 0. The molecule has 4 unspecified atom stereocenters. The Balaban J connectivity index is 0.000000369. The largest absolute Gasteiger partial charge is 0.390 e. The van der Waals surface area contributed by atoms with Gasteiger partial charge in [0.05, 0.1) is 38.1 Å². The minimum absolute atomic E-state index is 0.237. The molecule has 0 aromatic carbocycles. The topological polar surface area (TPSA) is 143 Å². The van der Waals surface area contributed by atoms with Crippen molar-refractivity contribution in [3.05, 3.63) is 23.9 Å². The van der Waals surface area contributed by atoms with Crippen LogP contribution in [-0.2, 0) is 14.2 Å². The van der Waals surface area contributed by atoms with E-state index in [0.717, 1.165) is 32.5 Å². The molecule has 4 atom stereocenters. The monoisotopic (exact) mass is 726 g/mol. The molecule has 6 N–H and O–H groups in total. The maximum absolute atomic E-state index is 10.0. The number of hydrogen-bond donors (Lipinski definition) is 6. The Hall–Kier alpha value is -0.690. The first kappa shape index (κ1) is 41.3. The minimum Gasteiger partial charge on any atom is -0.390 e. The van der Waals surface area contributed by atoms with Crippen molar-refractivity contribution in [3.63, 3.8) is 0 Å². The molecule has 3 rings (SSSR count). The molecule has 252 valence electrons. The highest BCUT2D eigenvalue weighted by molar-refractivity contribution is 7.99. The van der Waals surface area contributed by atoms with E-state index in [0.29, 0.717) is 53.6 Å². The highest BCUT2D eigenvalue weighted by Gasteiger charge is 2.23. The molecule has 1 saturated heterocycles. The minimum atomic E-state index is -0.535. The van der Waals surface area contributed by atoms with Gasteiger partial charge in [-0.1, -0.05) is 78.0 Å². The Labute approximate surface area is 291 Å². The molecule has 0 saturated carbocycles. The zero-order valence-corrected chi connectivity index (χ0v) is 31.2. The first-order chi connectivity index (χ1) is 21.1. The Morgan fingerprint density at radius 1 is 0.795 bits per heavy atom. The van der Waals surface area contributed by atoms with Crippen LogP contribution in [0.5, 0.6) is 0 Å². The van der Waals surface area contributed by atoms with Gasteiger partial charge in [0, 0.05) is 5.75 Å². The first-order valence-electron chi connectivity index (χ1n) is 15.4. The molecule has 0 amide bonds. The van der Waals surface area contributed by atoms with Crippen LogP contribution in [0.1, 0.15) is 91.9 Å². The number of nitrogens with zero attached hydrogens (tertiary/aromatic N) is 1. The van der Waals surface area contributed by atoms with Crippen molar-refractivity contribution in [2.75, 3.05) is 25.6 Å². The molecule has 0 bridgehead atoms. The number of ether oxygens (including phenoxy) is 3. The van der Waals surface area contributed by atoms with Crippen LogP contribution in [0.4, 0.5) is 0 Å². The molecule has 1 fully saturated rings. The second kappa shape index (κ2) is 25.4. The molecule has 16 heteroatoms. The molecule has 0 spiro atoms. The summed E-state index contributed by atoms with van der Waals surface area (Å²) in [5.41, 5.74) is 0. The van der Waals surface area contributed by atoms with Gasteiger partial charge >= 0.3 is 0 Å². The van der Waals surface area contributed by atoms with Crippen molar-refractivity contribution in [1.29, 1.82) is 0 Å². The second-order valence-electron chi connectivity index (χ2n) is 10.3. The van der Waals surface area contributed by atoms with E-state index < -0.39 is 6.10 Å². The number of epoxide rings is 1. The predicted molar refractivity (Wildman–Crippen MR) is 191 cm³/mol. The Morgan fingerprint density at radius 2 is 1.30 bits per heavy atom. The highest BCUT2D eigenvalue weighted by Crippen LogP contribution is 2.16. The SMILES string of the molecule is CCCCCC(CC)OCC(O)CSc1nc(=S)[nH]c(=S)[nH]1.CCCCCC(CC)OCC1CO1.S=c1[nH]c(=S)[nH]c(=S)[nH]1. The quantitative estimate of drug-likeness (QED) is 0.0358. The van der Waals surface area contributed by atoms with Gasteiger partial charge in [-0.15, -0.1) is 0 Å². The van der Waals surface area contributed by atoms with Crippen molar-refractivity contribution >= 4 is 72.9 Å². The van der Waals surface area contributed by atoms with Crippen LogP contribution in [0.2, 0.25) is 0 Å². The third-order valence-electron chi connectivity index (χ3n) is 6.35. The van der Waals surface area contributed by atoms with E-state index in [1.54, 1.807) is 0 Å². The number of hydrogen-bond acceptors (Lipinski definition) is 11. The van der Waals surface area contributed by atoms with Crippen molar-refractivity contribution in [2.45, 2.75) is 121 Å². The van der Waals surface area contributed by atoms with Gasteiger partial charge in [0.25, 0.3) is 0 Å². The molecule has 0 radical (unpaired) electrons. The van der Waals surface area contributed by atoms with Crippen molar-refractivity contribution in [3.8, 4) is 0 Å². The maximum Gasteiger partial charge on any atom is 0.201 e. The summed E-state index contributed by atoms with van der Waals surface area (Å²) in [7, 11) is 0. The third kappa shape index (κ3) is 21.9. The smallest absolute Gasteiger partial charge is 0.201 e.